The van der Waals surface area contributed by atoms with Crippen LogP contribution in [0.5, 0.6) is 0 Å². The van der Waals surface area contributed by atoms with Crippen LogP contribution in [0.15, 0.2) is 48.5 Å². The van der Waals surface area contributed by atoms with Crippen molar-refractivity contribution in [2.45, 2.75) is 38.3 Å². The van der Waals surface area contributed by atoms with E-state index in [9.17, 15) is 19.2 Å². The highest BCUT2D eigenvalue weighted by Crippen LogP contribution is 2.26. The molecule has 8 heteroatoms. The second-order valence-corrected chi connectivity index (χ2v) is 8.64. The fraction of sp³-hybridized carbons (Fsp3) is 0.360. The van der Waals surface area contributed by atoms with Gasteiger partial charge in [0.1, 0.15) is 12.1 Å². The molecular weight excluding hydrogens is 420 g/mol. The first kappa shape index (κ1) is 22.5. The molecule has 5 amide bonds. The van der Waals surface area contributed by atoms with Gasteiger partial charge in [-0.3, -0.25) is 19.7 Å². The van der Waals surface area contributed by atoms with Crippen LogP contribution in [0.4, 0.5) is 4.79 Å². The molecule has 0 aromatic heterocycles. The van der Waals surface area contributed by atoms with Gasteiger partial charge in [0.05, 0.1) is 0 Å². The number of hydrogen-bond acceptors (Lipinski definition) is 4. The number of rotatable bonds is 4. The van der Waals surface area contributed by atoms with Crippen molar-refractivity contribution in [1.82, 2.24) is 20.4 Å². The zero-order valence-electron chi connectivity index (χ0n) is 18.8. The molecule has 0 unspecified atom stereocenters. The molecule has 0 radical (unpaired) electrons. The normalized spacial score (nSPS) is 21.3. The minimum atomic E-state index is -0.839. The number of carbonyl (C=O) groups is 4. The Hall–Kier alpha value is -3.68. The summed E-state index contributed by atoms with van der Waals surface area (Å²) in [7, 11) is 1.73. The number of piperazine rings is 1. The molecule has 172 valence electrons. The van der Waals surface area contributed by atoms with Gasteiger partial charge < -0.3 is 15.1 Å². The summed E-state index contributed by atoms with van der Waals surface area (Å²) in [6.45, 7) is 2.85. The second kappa shape index (κ2) is 9.44. The van der Waals surface area contributed by atoms with Gasteiger partial charge in [-0.25, -0.2) is 4.79 Å². The number of imide groups is 1. The number of hydrogen-bond donors (Lipinski definition) is 2. The van der Waals surface area contributed by atoms with Gasteiger partial charge in [-0.2, -0.15) is 0 Å². The first-order chi connectivity index (χ1) is 15.8. The Bertz CT molecular complexity index is 1100. The van der Waals surface area contributed by atoms with E-state index in [2.05, 4.69) is 35.8 Å². The largest absolute Gasteiger partial charge is 0.342 e. The Kier molecular flexibility index (Phi) is 6.44. The molecule has 2 aliphatic heterocycles. The molecule has 2 atom stereocenters. The quantitative estimate of drug-likeness (QED) is 0.746. The summed E-state index contributed by atoms with van der Waals surface area (Å²) >= 11 is 0. The molecule has 2 aromatic carbocycles. The fourth-order valence-corrected chi connectivity index (χ4v) is 4.48. The number of carbonyl (C=O) groups excluding carboxylic acids is 4. The number of likely N-dealkylation sites (N-methyl/N-ethyl adjacent to an activating group) is 1. The summed E-state index contributed by atoms with van der Waals surface area (Å²) in [6, 6.07) is 13.9. The first-order valence-electron chi connectivity index (χ1n) is 11.1. The average molecular weight is 449 g/mol. The maximum atomic E-state index is 13.3. The predicted octanol–water partition coefficient (Wildman–Crippen LogP) is 1.86. The third kappa shape index (κ3) is 4.89. The number of benzene rings is 2. The number of urea groups is 1. The van der Waals surface area contributed by atoms with Gasteiger partial charge in [-0.1, -0.05) is 48.5 Å². The van der Waals surface area contributed by atoms with E-state index in [4.69, 9.17) is 0 Å². The molecule has 2 aliphatic rings. The van der Waals surface area contributed by atoms with Gasteiger partial charge in [0.15, 0.2) is 0 Å². The summed E-state index contributed by atoms with van der Waals surface area (Å²) in [4.78, 5) is 53.2. The molecule has 8 nitrogen and oxygen atoms in total. The van der Waals surface area contributed by atoms with Crippen molar-refractivity contribution < 1.29 is 19.2 Å². The van der Waals surface area contributed by atoms with E-state index in [1.165, 1.54) is 0 Å². The van der Waals surface area contributed by atoms with E-state index in [0.29, 0.717) is 19.5 Å². The average Bonchev–Trinajstić information content (AvgIpc) is 2.97. The van der Waals surface area contributed by atoms with Crippen LogP contribution in [-0.4, -0.2) is 65.8 Å². The number of nitrogens with one attached hydrogen (secondary N) is 2. The highest BCUT2D eigenvalue weighted by atomic mass is 16.2. The first-order valence-corrected chi connectivity index (χ1v) is 11.1. The van der Waals surface area contributed by atoms with E-state index in [0.717, 1.165) is 22.3 Å². The molecule has 4 rings (SSSR count). The maximum absolute atomic E-state index is 13.3. The van der Waals surface area contributed by atoms with Gasteiger partial charge in [0, 0.05) is 33.0 Å². The fourth-order valence-electron chi connectivity index (χ4n) is 4.48. The molecule has 2 heterocycles. The van der Waals surface area contributed by atoms with E-state index in [1.54, 1.807) is 16.8 Å². The molecule has 0 saturated carbocycles. The van der Waals surface area contributed by atoms with Crippen LogP contribution in [-0.2, 0) is 20.8 Å². The van der Waals surface area contributed by atoms with Crippen LogP contribution in [0, 0.1) is 6.92 Å². The molecule has 0 aliphatic carbocycles. The number of nitrogens with zero attached hydrogens (tertiary/aromatic N) is 2. The molecule has 33 heavy (non-hydrogen) atoms. The van der Waals surface area contributed by atoms with Crippen molar-refractivity contribution in [2.24, 2.45) is 0 Å². The summed E-state index contributed by atoms with van der Waals surface area (Å²) in [5.41, 5.74) is 4.29. The van der Waals surface area contributed by atoms with E-state index < -0.39 is 24.0 Å². The third-order valence-electron chi connectivity index (χ3n) is 6.33. The zero-order chi connectivity index (χ0) is 23.5. The third-order valence-corrected chi connectivity index (χ3v) is 6.33. The Labute approximate surface area is 192 Å². The van der Waals surface area contributed by atoms with Crippen molar-refractivity contribution in [3.05, 3.63) is 59.7 Å². The van der Waals surface area contributed by atoms with Crippen LogP contribution in [0.25, 0.3) is 11.1 Å². The molecule has 0 spiro atoms. The van der Waals surface area contributed by atoms with Crippen molar-refractivity contribution in [1.29, 1.82) is 0 Å². The maximum Gasteiger partial charge on any atom is 0.322 e. The molecule has 2 N–H and O–H groups in total. The summed E-state index contributed by atoms with van der Waals surface area (Å²) in [5.74, 6) is -0.881. The Morgan fingerprint density at radius 3 is 2.64 bits per heavy atom. The minimum absolute atomic E-state index is 0.0694. The summed E-state index contributed by atoms with van der Waals surface area (Å²) < 4.78 is 0. The Morgan fingerprint density at radius 1 is 1.06 bits per heavy atom. The lowest BCUT2D eigenvalue weighted by Gasteiger charge is -2.40. The zero-order valence-corrected chi connectivity index (χ0v) is 18.8. The minimum Gasteiger partial charge on any atom is -0.342 e. The van der Waals surface area contributed by atoms with Crippen LogP contribution in [0.3, 0.4) is 0 Å². The van der Waals surface area contributed by atoms with E-state index in [-0.39, 0.29) is 24.7 Å². The van der Waals surface area contributed by atoms with Crippen LogP contribution in [0.2, 0.25) is 0 Å². The molecule has 2 aromatic rings. The van der Waals surface area contributed by atoms with Crippen LogP contribution < -0.4 is 10.6 Å². The van der Waals surface area contributed by atoms with Gasteiger partial charge in [0.2, 0.25) is 17.7 Å². The van der Waals surface area contributed by atoms with Crippen molar-refractivity contribution >= 4 is 23.8 Å². The topological polar surface area (TPSA) is 98.8 Å². The monoisotopic (exact) mass is 448 g/mol. The Balaban J connectivity index is 1.59. The molecule has 2 fully saturated rings. The van der Waals surface area contributed by atoms with Gasteiger partial charge >= 0.3 is 6.03 Å². The summed E-state index contributed by atoms with van der Waals surface area (Å²) in [5, 5.41) is 4.75. The van der Waals surface area contributed by atoms with Crippen LogP contribution >= 0.6 is 0 Å². The molecule has 0 bridgehead atoms. The summed E-state index contributed by atoms with van der Waals surface area (Å²) in [6.07, 6.45) is 0.638. The highest BCUT2D eigenvalue weighted by molar-refractivity contribution is 5.99. The number of aryl methyl sites for hydroxylation is 1. The van der Waals surface area contributed by atoms with Gasteiger partial charge in [-0.15, -0.1) is 0 Å². The van der Waals surface area contributed by atoms with Crippen molar-refractivity contribution in [3.63, 3.8) is 0 Å². The molecule has 2 saturated heterocycles. The van der Waals surface area contributed by atoms with E-state index >= 15 is 0 Å². The predicted molar refractivity (Wildman–Crippen MR) is 123 cm³/mol. The van der Waals surface area contributed by atoms with E-state index in [1.807, 2.05) is 30.3 Å². The van der Waals surface area contributed by atoms with Gasteiger partial charge in [0.25, 0.3) is 0 Å². The number of amides is 5. The molecular formula is C25H28N4O4. The van der Waals surface area contributed by atoms with Crippen LogP contribution in [0.1, 0.15) is 24.0 Å². The smallest absolute Gasteiger partial charge is 0.322 e. The highest BCUT2D eigenvalue weighted by Gasteiger charge is 2.39. The lowest BCUT2D eigenvalue weighted by atomic mass is 9.95. The lowest BCUT2D eigenvalue weighted by Crippen LogP contribution is -2.62. The second-order valence-electron chi connectivity index (χ2n) is 8.64. The standard InChI is InChI=1S/C25H28N4O4/c1-16-6-3-4-9-19(16)18-8-5-7-17(14-18)15-21-24(32)28(2)12-13-29(21)23(31)20-10-11-22(30)27-25(33)26-20/h3-9,14,20-21H,10-13,15H2,1-2H3,(H2,26,27,30,33)/t20-,21-/m0/s1. The van der Waals surface area contributed by atoms with Crippen molar-refractivity contribution in [3.8, 4) is 11.1 Å². The van der Waals surface area contributed by atoms with Gasteiger partial charge in [-0.05, 0) is 35.6 Å². The SMILES string of the molecule is Cc1ccccc1-c1cccc(C[C@H]2C(=O)N(C)CCN2C(=O)[C@@H]2CCC(=O)NC(=O)N2)c1. The lowest BCUT2D eigenvalue weighted by molar-refractivity contribution is -0.151. The van der Waals surface area contributed by atoms with Crippen molar-refractivity contribution in [2.75, 3.05) is 20.1 Å². The Morgan fingerprint density at radius 2 is 1.85 bits per heavy atom.